The fourth-order valence-electron chi connectivity index (χ4n) is 2.73. The predicted octanol–water partition coefficient (Wildman–Crippen LogP) is 2.49. The number of furan rings is 1. The number of rotatable bonds is 5. The van der Waals surface area contributed by atoms with E-state index in [0.29, 0.717) is 18.6 Å². The molecule has 1 amide bonds. The van der Waals surface area contributed by atoms with Gasteiger partial charge in [-0.2, -0.15) is 0 Å². The van der Waals surface area contributed by atoms with Crippen LogP contribution in [0.25, 0.3) is 0 Å². The maximum absolute atomic E-state index is 12.0. The second-order valence-corrected chi connectivity index (χ2v) is 5.27. The molecule has 1 aromatic rings. The van der Waals surface area contributed by atoms with Gasteiger partial charge in [0.15, 0.2) is 0 Å². The van der Waals surface area contributed by atoms with Crippen molar-refractivity contribution in [1.82, 2.24) is 5.32 Å². The van der Waals surface area contributed by atoms with Crippen molar-refractivity contribution in [3.63, 3.8) is 0 Å². The molecule has 1 heterocycles. The Hall–Kier alpha value is -1.78. The topological polar surface area (TPSA) is 79.5 Å². The zero-order chi connectivity index (χ0) is 13.9. The molecule has 1 saturated carbocycles. The first-order valence-corrected chi connectivity index (χ1v) is 6.60. The molecule has 0 aliphatic heterocycles. The molecule has 1 aliphatic carbocycles. The molecule has 5 heteroatoms. The molecule has 0 radical (unpaired) electrons. The zero-order valence-electron chi connectivity index (χ0n) is 11.0. The second kappa shape index (κ2) is 5.47. The molecule has 1 aromatic heterocycles. The first-order valence-electron chi connectivity index (χ1n) is 6.60. The summed E-state index contributed by atoms with van der Waals surface area (Å²) in [6.07, 6.45) is 4.54. The Kier molecular flexibility index (Phi) is 3.93. The summed E-state index contributed by atoms with van der Waals surface area (Å²) in [5, 5.41) is 12.1. The molecule has 0 spiro atoms. The Morgan fingerprint density at radius 1 is 1.47 bits per heavy atom. The van der Waals surface area contributed by atoms with Crippen LogP contribution >= 0.6 is 0 Å². The fourth-order valence-corrected chi connectivity index (χ4v) is 2.73. The van der Waals surface area contributed by atoms with Crippen molar-refractivity contribution in [2.75, 3.05) is 0 Å². The smallest absolute Gasteiger partial charge is 0.310 e. The summed E-state index contributed by atoms with van der Waals surface area (Å²) in [6, 6.07) is 3.30. The van der Waals surface area contributed by atoms with Crippen molar-refractivity contribution in [3.8, 4) is 0 Å². The van der Waals surface area contributed by atoms with Crippen LogP contribution in [-0.2, 0) is 9.59 Å². The Bertz CT molecular complexity index is 446. The summed E-state index contributed by atoms with van der Waals surface area (Å²) in [6.45, 7) is 1.82. The monoisotopic (exact) mass is 265 g/mol. The average molecular weight is 265 g/mol. The summed E-state index contributed by atoms with van der Waals surface area (Å²) < 4.78 is 5.21. The summed E-state index contributed by atoms with van der Waals surface area (Å²) in [5.74, 6) is -0.414. The van der Waals surface area contributed by atoms with E-state index in [1.54, 1.807) is 18.4 Å². The van der Waals surface area contributed by atoms with Crippen molar-refractivity contribution in [1.29, 1.82) is 0 Å². The van der Waals surface area contributed by atoms with E-state index < -0.39 is 11.4 Å². The Balaban J connectivity index is 1.95. The molecule has 0 saturated heterocycles. The van der Waals surface area contributed by atoms with Crippen LogP contribution in [0.3, 0.4) is 0 Å². The molecule has 5 nitrogen and oxygen atoms in total. The summed E-state index contributed by atoms with van der Waals surface area (Å²) in [4.78, 5) is 23.4. The molecule has 104 valence electrons. The minimum Gasteiger partial charge on any atom is -0.481 e. The highest BCUT2D eigenvalue weighted by Gasteiger charge is 2.43. The third-order valence-corrected chi connectivity index (χ3v) is 3.86. The minimum absolute atomic E-state index is 0.0490. The van der Waals surface area contributed by atoms with E-state index >= 15 is 0 Å². The fraction of sp³-hybridized carbons (Fsp3) is 0.571. The molecule has 2 rings (SSSR count). The van der Waals surface area contributed by atoms with Crippen LogP contribution in [0.5, 0.6) is 0 Å². The Morgan fingerprint density at radius 2 is 2.16 bits per heavy atom. The highest BCUT2D eigenvalue weighted by Crippen LogP contribution is 2.41. The minimum atomic E-state index is -0.868. The van der Waals surface area contributed by atoms with E-state index in [1.165, 1.54) is 0 Å². The van der Waals surface area contributed by atoms with E-state index in [0.717, 1.165) is 12.8 Å². The normalized spacial score (nSPS) is 19.0. The van der Waals surface area contributed by atoms with Gasteiger partial charge in [-0.05, 0) is 31.9 Å². The molecular formula is C14H19NO4. The lowest BCUT2D eigenvalue weighted by atomic mass is 9.82. The van der Waals surface area contributed by atoms with Gasteiger partial charge < -0.3 is 14.8 Å². The van der Waals surface area contributed by atoms with Gasteiger partial charge in [-0.1, -0.05) is 12.8 Å². The first-order chi connectivity index (χ1) is 9.03. The van der Waals surface area contributed by atoms with E-state index in [9.17, 15) is 14.7 Å². The third-order valence-electron chi connectivity index (χ3n) is 3.86. The molecule has 0 unspecified atom stereocenters. The number of hydrogen-bond donors (Lipinski definition) is 2. The van der Waals surface area contributed by atoms with Crippen molar-refractivity contribution in [2.24, 2.45) is 5.41 Å². The van der Waals surface area contributed by atoms with Crippen LogP contribution in [-0.4, -0.2) is 17.0 Å². The van der Waals surface area contributed by atoms with E-state index in [-0.39, 0.29) is 18.4 Å². The zero-order valence-corrected chi connectivity index (χ0v) is 11.0. The van der Waals surface area contributed by atoms with Crippen LogP contribution < -0.4 is 5.32 Å². The molecule has 1 aliphatic rings. The number of amides is 1. The van der Waals surface area contributed by atoms with Gasteiger partial charge in [0, 0.05) is 6.42 Å². The molecule has 1 fully saturated rings. The molecule has 0 aromatic carbocycles. The SMILES string of the molecule is C[C@H](NC(=O)CC1(C(=O)O)CCCC1)c1ccco1. The maximum atomic E-state index is 12.0. The standard InChI is InChI=1S/C14H19NO4/c1-10(11-5-4-8-19-11)15-12(16)9-14(13(17)18)6-2-3-7-14/h4-5,8,10H,2-3,6-7,9H2,1H3,(H,15,16)(H,17,18)/t10-/m0/s1. The number of hydrogen-bond acceptors (Lipinski definition) is 3. The quantitative estimate of drug-likeness (QED) is 0.857. The van der Waals surface area contributed by atoms with Crippen LogP contribution in [0, 0.1) is 5.41 Å². The number of carbonyl (C=O) groups excluding carboxylic acids is 1. The molecule has 1 atom stereocenters. The number of nitrogens with one attached hydrogen (secondary N) is 1. The van der Waals surface area contributed by atoms with E-state index in [1.807, 2.05) is 6.92 Å². The van der Waals surface area contributed by atoms with E-state index in [4.69, 9.17) is 4.42 Å². The van der Waals surface area contributed by atoms with Crippen molar-refractivity contribution >= 4 is 11.9 Å². The van der Waals surface area contributed by atoms with Gasteiger partial charge in [-0.15, -0.1) is 0 Å². The Labute approximate surface area is 112 Å². The molecule has 2 N–H and O–H groups in total. The van der Waals surface area contributed by atoms with Crippen LogP contribution in [0.1, 0.15) is 50.8 Å². The maximum Gasteiger partial charge on any atom is 0.310 e. The van der Waals surface area contributed by atoms with Gasteiger partial charge in [0.2, 0.25) is 5.91 Å². The van der Waals surface area contributed by atoms with Gasteiger partial charge in [0.1, 0.15) is 5.76 Å². The highest BCUT2D eigenvalue weighted by molar-refractivity contribution is 5.85. The van der Waals surface area contributed by atoms with Gasteiger partial charge in [-0.25, -0.2) is 0 Å². The van der Waals surface area contributed by atoms with Gasteiger partial charge in [-0.3, -0.25) is 9.59 Å². The lowest BCUT2D eigenvalue weighted by Crippen LogP contribution is -2.36. The predicted molar refractivity (Wildman–Crippen MR) is 68.4 cm³/mol. The number of aliphatic carboxylic acids is 1. The number of carboxylic acids is 1. The summed E-state index contributed by atoms with van der Waals surface area (Å²) in [7, 11) is 0. The number of carboxylic acid groups (broad SMARTS) is 1. The summed E-state index contributed by atoms with van der Waals surface area (Å²) in [5.41, 5.74) is -0.868. The van der Waals surface area contributed by atoms with Gasteiger partial charge in [0.25, 0.3) is 0 Å². The van der Waals surface area contributed by atoms with E-state index in [2.05, 4.69) is 5.32 Å². The van der Waals surface area contributed by atoms with Crippen molar-refractivity contribution in [3.05, 3.63) is 24.2 Å². The summed E-state index contributed by atoms with van der Waals surface area (Å²) >= 11 is 0. The Morgan fingerprint density at radius 3 is 2.68 bits per heavy atom. The van der Waals surface area contributed by atoms with Gasteiger partial charge >= 0.3 is 5.97 Å². The van der Waals surface area contributed by atoms with Crippen LogP contribution in [0.15, 0.2) is 22.8 Å². The van der Waals surface area contributed by atoms with Crippen molar-refractivity contribution in [2.45, 2.75) is 45.1 Å². The average Bonchev–Trinajstić information content (AvgIpc) is 2.99. The first kappa shape index (κ1) is 13.6. The van der Waals surface area contributed by atoms with Crippen molar-refractivity contribution < 1.29 is 19.1 Å². The number of carbonyl (C=O) groups is 2. The molecule has 0 bridgehead atoms. The third kappa shape index (κ3) is 2.97. The molecule has 19 heavy (non-hydrogen) atoms. The highest BCUT2D eigenvalue weighted by atomic mass is 16.4. The second-order valence-electron chi connectivity index (χ2n) is 5.27. The van der Waals surface area contributed by atoms with Gasteiger partial charge in [0.05, 0.1) is 17.7 Å². The largest absolute Gasteiger partial charge is 0.481 e. The lowest BCUT2D eigenvalue weighted by Gasteiger charge is -2.23. The van der Waals surface area contributed by atoms with Crippen LogP contribution in [0.2, 0.25) is 0 Å². The lowest BCUT2D eigenvalue weighted by molar-refractivity contribution is -0.151. The molecular weight excluding hydrogens is 246 g/mol. The van der Waals surface area contributed by atoms with Crippen LogP contribution in [0.4, 0.5) is 0 Å².